The molecule has 0 aliphatic heterocycles. The quantitative estimate of drug-likeness (QED) is 0.323. The van der Waals surface area contributed by atoms with Gasteiger partial charge in [-0.15, -0.1) is 0 Å². The summed E-state index contributed by atoms with van der Waals surface area (Å²) < 4.78 is 3.39. The van der Waals surface area contributed by atoms with Crippen LogP contribution in [0, 0.1) is 0 Å². The van der Waals surface area contributed by atoms with Crippen molar-refractivity contribution in [2.45, 2.75) is 25.4 Å². The number of fused-ring (bicyclic) bond motifs is 1. The largest absolute Gasteiger partial charge is 0.493 e. The van der Waals surface area contributed by atoms with Crippen LogP contribution in [0.2, 0.25) is 0 Å². The Morgan fingerprint density at radius 2 is 2.03 bits per heavy atom. The summed E-state index contributed by atoms with van der Waals surface area (Å²) in [6.45, 7) is 0.581. The van der Waals surface area contributed by atoms with Gasteiger partial charge in [-0.2, -0.15) is 24.7 Å². The molecule has 0 atom stereocenters. The van der Waals surface area contributed by atoms with Gasteiger partial charge in [-0.25, -0.2) is 14.5 Å². The Morgan fingerprint density at radius 1 is 1.20 bits per heavy atom. The lowest BCUT2D eigenvalue weighted by atomic mass is 10.2. The van der Waals surface area contributed by atoms with Crippen molar-refractivity contribution < 1.29 is 5.11 Å². The van der Waals surface area contributed by atoms with Crippen molar-refractivity contribution in [2.75, 3.05) is 11.9 Å². The molecule has 1 saturated carbocycles. The van der Waals surface area contributed by atoms with E-state index in [1.807, 2.05) is 53.2 Å². The molecular formula is C23H22N10O2. The maximum atomic E-state index is 11.5. The van der Waals surface area contributed by atoms with Crippen molar-refractivity contribution in [1.29, 1.82) is 0 Å². The van der Waals surface area contributed by atoms with Crippen LogP contribution in [0.15, 0.2) is 58.7 Å². The molecule has 6 rings (SSSR count). The highest BCUT2D eigenvalue weighted by Gasteiger charge is 2.21. The molecule has 0 radical (unpaired) electrons. The van der Waals surface area contributed by atoms with Gasteiger partial charge >= 0.3 is 5.69 Å². The minimum absolute atomic E-state index is 0.239. The summed E-state index contributed by atoms with van der Waals surface area (Å²) in [5, 5.41) is 19.2. The molecule has 5 aromatic rings. The molecule has 0 amide bonds. The summed E-state index contributed by atoms with van der Waals surface area (Å²) in [4.78, 5) is 32.5. The highest BCUT2D eigenvalue weighted by Crippen LogP contribution is 2.22. The molecule has 1 fully saturated rings. The van der Waals surface area contributed by atoms with Gasteiger partial charge in [0.25, 0.3) is 5.62 Å². The zero-order chi connectivity index (χ0) is 23.9. The first-order valence-electron chi connectivity index (χ1n) is 11.2. The number of anilines is 1. The number of hydrogen-bond donors (Lipinski definition) is 3. The fourth-order valence-electron chi connectivity index (χ4n) is 3.76. The Bertz CT molecular complexity index is 1680. The third-order valence-electron chi connectivity index (χ3n) is 5.71. The second-order valence-corrected chi connectivity index (χ2v) is 8.48. The van der Waals surface area contributed by atoms with Gasteiger partial charge in [-0.3, -0.25) is 4.98 Å². The van der Waals surface area contributed by atoms with Crippen LogP contribution in [-0.2, 0) is 6.54 Å². The van der Waals surface area contributed by atoms with Gasteiger partial charge in [-0.05, 0) is 42.7 Å². The summed E-state index contributed by atoms with van der Waals surface area (Å²) in [6.07, 6.45) is 8.92. The van der Waals surface area contributed by atoms with Crippen molar-refractivity contribution >= 4 is 17.7 Å². The summed E-state index contributed by atoms with van der Waals surface area (Å²) in [6, 6.07) is 10.2. The van der Waals surface area contributed by atoms with Gasteiger partial charge in [0.15, 0.2) is 5.65 Å². The monoisotopic (exact) mass is 470 g/mol. The molecule has 12 heteroatoms. The molecule has 12 nitrogen and oxygen atoms in total. The van der Waals surface area contributed by atoms with Crippen LogP contribution in [0.1, 0.15) is 24.1 Å². The number of hydrogen-bond acceptors (Lipinski definition) is 8. The zero-order valence-electron chi connectivity index (χ0n) is 18.8. The van der Waals surface area contributed by atoms with Gasteiger partial charge in [0.1, 0.15) is 5.69 Å². The lowest BCUT2D eigenvalue weighted by molar-refractivity contribution is 0.454. The highest BCUT2D eigenvalue weighted by atomic mass is 16.3. The third kappa shape index (κ3) is 4.16. The lowest BCUT2D eigenvalue weighted by Gasteiger charge is -2.17. The Hall–Kier alpha value is -4.74. The predicted molar refractivity (Wildman–Crippen MR) is 127 cm³/mol. The number of nitrogens with zero attached hydrogens (tertiary/aromatic N) is 8. The SMILES string of the molecule is CN(Cc1ccc(-n2cccn2)cc1)c1nc(=NC2CC2)n2nc/c(=C\c3[nH]c(=O)[nH]c3O)c2n1. The summed E-state index contributed by atoms with van der Waals surface area (Å²) in [5.41, 5.74) is 2.81. The van der Waals surface area contributed by atoms with Crippen LogP contribution in [0.25, 0.3) is 17.4 Å². The van der Waals surface area contributed by atoms with E-state index in [0.717, 1.165) is 24.1 Å². The fraction of sp³-hybridized carbons (Fsp3) is 0.217. The van der Waals surface area contributed by atoms with E-state index < -0.39 is 5.69 Å². The molecule has 35 heavy (non-hydrogen) atoms. The number of nitrogens with one attached hydrogen (secondary N) is 2. The maximum absolute atomic E-state index is 11.5. The van der Waals surface area contributed by atoms with Crippen LogP contribution in [0.5, 0.6) is 5.88 Å². The summed E-state index contributed by atoms with van der Waals surface area (Å²) in [5.74, 6) is 0.247. The van der Waals surface area contributed by atoms with Crippen LogP contribution >= 0.6 is 0 Å². The van der Waals surface area contributed by atoms with Gasteiger partial charge in [-0.1, -0.05) is 12.1 Å². The van der Waals surface area contributed by atoms with E-state index in [1.165, 1.54) is 0 Å². The minimum atomic E-state index is -0.497. The average Bonchev–Trinajstić information content (AvgIpc) is 3.20. The van der Waals surface area contributed by atoms with Crippen molar-refractivity contribution in [3.05, 3.63) is 81.5 Å². The summed E-state index contributed by atoms with van der Waals surface area (Å²) in [7, 11) is 1.92. The second kappa shape index (κ2) is 8.24. The number of aromatic nitrogens is 8. The molecule has 0 unspecified atom stereocenters. The molecule has 1 aromatic carbocycles. The fourth-order valence-corrected chi connectivity index (χ4v) is 3.76. The maximum Gasteiger partial charge on any atom is 0.326 e. The Kier molecular flexibility index (Phi) is 4.90. The Balaban J connectivity index is 1.38. The van der Waals surface area contributed by atoms with Crippen molar-refractivity contribution in [1.82, 2.24) is 39.3 Å². The third-order valence-corrected chi connectivity index (χ3v) is 5.71. The highest BCUT2D eigenvalue weighted by molar-refractivity contribution is 5.57. The van der Waals surface area contributed by atoms with E-state index in [9.17, 15) is 9.90 Å². The number of aromatic hydroxyl groups is 1. The van der Waals surface area contributed by atoms with E-state index in [-0.39, 0.29) is 17.6 Å². The molecule has 1 aliphatic carbocycles. The van der Waals surface area contributed by atoms with Crippen LogP contribution in [0.4, 0.5) is 5.95 Å². The molecule has 4 heterocycles. The smallest absolute Gasteiger partial charge is 0.326 e. The molecule has 4 aromatic heterocycles. The average molecular weight is 470 g/mol. The van der Waals surface area contributed by atoms with Crippen molar-refractivity contribution in [3.8, 4) is 11.6 Å². The van der Waals surface area contributed by atoms with Gasteiger partial charge in [0, 0.05) is 31.2 Å². The molecule has 0 saturated heterocycles. The van der Waals surface area contributed by atoms with Crippen LogP contribution < -0.4 is 21.4 Å². The molecule has 176 valence electrons. The molecule has 1 aliphatic rings. The number of benzene rings is 1. The topological polar surface area (TPSA) is 145 Å². The first-order chi connectivity index (χ1) is 17.0. The van der Waals surface area contributed by atoms with Gasteiger partial charge in [0.05, 0.1) is 17.9 Å². The number of H-pyrrole nitrogens is 2. The molecule has 0 spiro atoms. The van der Waals surface area contributed by atoms with Crippen molar-refractivity contribution in [2.24, 2.45) is 4.99 Å². The van der Waals surface area contributed by atoms with Crippen molar-refractivity contribution in [3.63, 3.8) is 0 Å². The van der Waals surface area contributed by atoms with E-state index in [4.69, 9.17) is 9.98 Å². The second-order valence-electron chi connectivity index (χ2n) is 8.48. The number of aromatic amines is 2. The number of imidazole rings is 1. The number of rotatable bonds is 6. The summed E-state index contributed by atoms with van der Waals surface area (Å²) >= 11 is 0. The van der Waals surface area contributed by atoms with E-state index in [1.54, 1.807) is 23.0 Å². The Labute approximate surface area is 197 Å². The lowest BCUT2D eigenvalue weighted by Crippen LogP contribution is -2.28. The van der Waals surface area contributed by atoms with E-state index in [2.05, 4.69) is 25.1 Å². The van der Waals surface area contributed by atoms with Gasteiger partial charge < -0.3 is 15.0 Å². The van der Waals surface area contributed by atoms with Crippen LogP contribution in [0.3, 0.4) is 0 Å². The Morgan fingerprint density at radius 3 is 2.71 bits per heavy atom. The first kappa shape index (κ1) is 20.8. The molecule has 0 bridgehead atoms. The standard InChI is InChI=1S/C23H22N10O2/c1-31(13-14-3-7-17(8-4-14)32-10-2-9-24-32)21-28-19-15(11-18-20(34)29-23(35)27-18)12-25-33(19)22(30-21)26-16-5-6-16/h2-4,7-12,16,34H,5-6,13H2,1H3,(H2,27,29,35)/b15-11+,26-22?. The molecular weight excluding hydrogens is 448 g/mol. The minimum Gasteiger partial charge on any atom is -0.493 e. The van der Waals surface area contributed by atoms with E-state index in [0.29, 0.717) is 29.0 Å². The van der Waals surface area contributed by atoms with Crippen LogP contribution in [-0.4, -0.2) is 57.5 Å². The zero-order valence-corrected chi connectivity index (χ0v) is 18.8. The first-order valence-corrected chi connectivity index (χ1v) is 11.2. The normalized spacial score (nSPS) is 14.8. The van der Waals surface area contributed by atoms with Gasteiger partial charge in [0.2, 0.25) is 11.8 Å². The molecule has 3 N–H and O–H groups in total. The van der Waals surface area contributed by atoms with E-state index >= 15 is 0 Å². The predicted octanol–water partition coefficient (Wildman–Crippen LogP) is 0.279.